The Kier molecular flexibility index (Phi) is 21.2. The third-order valence-electron chi connectivity index (χ3n) is 15.0. The molecule has 0 saturated carbocycles. The molecule has 2 saturated heterocycles. The summed E-state index contributed by atoms with van der Waals surface area (Å²) in [4.78, 5) is 52.3. The van der Waals surface area contributed by atoms with Crippen molar-refractivity contribution in [1.82, 2.24) is 9.80 Å². The number of allylic oxidation sites excluding steroid dienone is 2. The first-order valence-electron chi connectivity index (χ1n) is 26.6. The first-order chi connectivity index (χ1) is 41.7. The molecule has 0 aliphatic carbocycles. The van der Waals surface area contributed by atoms with Gasteiger partial charge in [0.2, 0.25) is 11.8 Å². The van der Waals surface area contributed by atoms with Gasteiger partial charge in [0.1, 0.15) is 35.5 Å². The first kappa shape index (κ1) is 68.9. The molecule has 0 N–H and O–H groups in total. The number of carbonyl (C=O) groups excluding carboxylic acids is 4. The van der Waals surface area contributed by atoms with Gasteiger partial charge in [-0.2, -0.15) is 52.1 Å². The van der Waals surface area contributed by atoms with E-state index in [2.05, 4.69) is 12.6 Å². The Hall–Kier alpha value is -6.05. The standard InChI is InChI=1S/C31H27Cl2F4NO4S.C23H14Cl2F7NO3.C8H10OS/c1-29(21-10-24(32)28(34)25(33)11-21,43-15-18-3-6-22(41-2)7-4-18)12-26(39)19-5-8-23-20(9-19)14-42-30(23)16-38(17-30)27(40)13-31(35,36)37;24-16-4-12(5-17(25)20(16)26)15(23(30,31)32)6-18(34)11-1-2-14-13(3-11)8-36-21(14)9-33(10-21)19(35)7-22(27,28)29;1-9-8-4-2-7(6-10)3-5-8/h3-11H,12-17H2,1-2H3;1-6H,7-10H2;2-5,10H,6H2,1H3/t29-;;/m0../s1. The van der Waals surface area contributed by atoms with Crippen molar-refractivity contribution in [2.24, 2.45) is 0 Å². The van der Waals surface area contributed by atoms with Crippen molar-refractivity contribution in [2.45, 2.75) is 85.4 Å². The van der Waals surface area contributed by atoms with Crippen molar-refractivity contribution in [3.05, 3.63) is 203 Å². The molecule has 10 rings (SSSR count). The largest absolute Gasteiger partial charge is 0.497 e. The third-order valence-corrected chi connectivity index (χ3v) is 18.0. The maximum Gasteiger partial charge on any atom is 0.417 e. The summed E-state index contributed by atoms with van der Waals surface area (Å²) < 4.78 is 165. The molecule has 0 aromatic heterocycles. The maximum absolute atomic E-state index is 14.3. The number of thioether (sulfide) groups is 1. The number of halogens is 15. The van der Waals surface area contributed by atoms with E-state index >= 15 is 0 Å². The minimum absolute atomic E-state index is 0.0222. The van der Waals surface area contributed by atoms with E-state index in [1.165, 1.54) is 47.7 Å². The van der Waals surface area contributed by atoms with Crippen molar-refractivity contribution in [2.75, 3.05) is 40.4 Å². The van der Waals surface area contributed by atoms with Crippen molar-refractivity contribution in [1.29, 1.82) is 0 Å². The number of alkyl halides is 9. The predicted octanol–water partition coefficient (Wildman–Crippen LogP) is 16.7. The number of carbonyl (C=O) groups is 4. The van der Waals surface area contributed by atoms with Gasteiger partial charge in [0.05, 0.1) is 79.3 Å². The Morgan fingerprint density at radius 2 is 1.00 bits per heavy atom. The summed E-state index contributed by atoms with van der Waals surface area (Å²) in [5.41, 5.74) is 1.72. The lowest BCUT2D eigenvalue weighted by molar-refractivity contribution is -0.186. The maximum atomic E-state index is 14.3. The second kappa shape index (κ2) is 27.4. The van der Waals surface area contributed by atoms with Gasteiger partial charge in [0.25, 0.3) is 0 Å². The minimum Gasteiger partial charge on any atom is -0.497 e. The number of ketones is 2. The highest BCUT2D eigenvalue weighted by molar-refractivity contribution is 7.99. The van der Waals surface area contributed by atoms with E-state index in [-0.39, 0.29) is 67.2 Å². The van der Waals surface area contributed by atoms with Crippen molar-refractivity contribution < 1.29 is 86.4 Å². The minimum atomic E-state index is -5.00. The number of thiol groups is 1. The number of nitrogens with zero attached hydrogens (tertiary/aromatic N) is 2. The molecular weight excluding hydrogens is 1320 g/mol. The van der Waals surface area contributed by atoms with Crippen LogP contribution < -0.4 is 9.47 Å². The summed E-state index contributed by atoms with van der Waals surface area (Å²) >= 11 is 29.1. The number of hydrogen-bond donors (Lipinski definition) is 1. The summed E-state index contributed by atoms with van der Waals surface area (Å²) in [6.07, 6.45) is -16.9. The zero-order valence-corrected chi connectivity index (χ0v) is 51.7. The normalized spacial score (nSPS) is 16.2. The number of ether oxygens (including phenoxy) is 4. The summed E-state index contributed by atoms with van der Waals surface area (Å²) in [7, 11) is 3.25. The first-order valence-corrected chi connectivity index (χ1v) is 29.7. The van der Waals surface area contributed by atoms with Crippen molar-refractivity contribution in [3.63, 3.8) is 0 Å². The fourth-order valence-electron chi connectivity index (χ4n) is 10.3. The molecule has 0 unspecified atom stereocenters. The molecule has 0 radical (unpaired) electrons. The zero-order chi connectivity index (χ0) is 65.2. The molecule has 2 fully saturated rings. The van der Waals surface area contributed by atoms with Crippen LogP contribution in [0.2, 0.25) is 20.1 Å². The van der Waals surface area contributed by atoms with Gasteiger partial charge >= 0.3 is 18.5 Å². The SMILES string of the molecule is COc1ccc(CS)cc1.COc1ccc(CS[C@@](C)(CC(=O)c2ccc3c(c2)COC32CN(C(=O)CC(F)(F)F)C2)c2cc(Cl)c(F)c(Cl)c2)cc1.O=C(C=C(c1cc(Cl)c(F)c(Cl)c1)C(F)(F)F)c1ccc2c(c1)COC21CN(C(=O)CC(F)(F)F)C1. The predicted molar refractivity (Wildman–Crippen MR) is 318 cm³/mol. The van der Waals surface area contributed by atoms with Gasteiger partial charge in [0, 0.05) is 33.8 Å². The molecule has 89 heavy (non-hydrogen) atoms. The lowest BCUT2D eigenvalue weighted by atomic mass is 9.83. The molecule has 6 aromatic rings. The van der Waals surface area contributed by atoms with Crippen LogP contribution in [0.25, 0.3) is 5.57 Å². The summed E-state index contributed by atoms with van der Waals surface area (Å²) in [6, 6.07) is 29.0. The van der Waals surface area contributed by atoms with Crippen LogP contribution in [-0.2, 0) is 59.7 Å². The Bertz CT molecular complexity index is 3620. The Labute approximate surface area is 532 Å². The number of benzene rings is 6. The zero-order valence-electron chi connectivity index (χ0n) is 46.9. The van der Waals surface area contributed by atoms with Gasteiger partial charge in [0.15, 0.2) is 23.2 Å². The molecule has 474 valence electrons. The van der Waals surface area contributed by atoms with E-state index < -0.39 is 97.7 Å². The fraction of sp³-hybridized carbons (Fsp3) is 0.323. The average molecular weight is 1370 g/mol. The number of likely N-dealkylation sites (tertiary alicyclic amines) is 2. The quantitative estimate of drug-likeness (QED) is 0.0353. The number of Topliss-reactive ketones (excluding diaryl/α,β-unsaturated/α-hetero) is 1. The second-order valence-electron chi connectivity index (χ2n) is 21.3. The van der Waals surface area contributed by atoms with E-state index in [1.807, 2.05) is 55.5 Å². The highest BCUT2D eigenvalue weighted by Gasteiger charge is 2.54. The van der Waals surface area contributed by atoms with E-state index in [1.54, 1.807) is 32.4 Å². The van der Waals surface area contributed by atoms with Crippen molar-refractivity contribution >= 4 is 99.7 Å². The molecule has 4 aliphatic rings. The molecule has 0 bridgehead atoms. The molecular formula is C62H51Cl4F11N2O8S2. The average Bonchev–Trinajstić information content (AvgIpc) is 1.64. The molecule has 10 nitrogen and oxygen atoms in total. The van der Waals surface area contributed by atoms with Gasteiger partial charge in [-0.05, 0) is 118 Å². The Morgan fingerprint density at radius 3 is 1.42 bits per heavy atom. The van der Waals surface area contributed by atoms with E-state index in [4.69, 9.17) is 65.4 Å². The number of fused-ring (bicyclic) bond motifs is 4. The highest BCUT2D eigenvalue weighted by Crippen LogP contribution is 2.49. The van der Waals surface area contributed by atoms with Crippen LogP contribution in [0, 0.1) is 11.6 Å². The lowest BCUT2D eigenvalue weighted by Crippen LogP contribution is -2.61. The smallest absolute Gasteiger partial charge is 0.417 e. The van der Waals surface area contributed by atoms with E-state index in [0.29, 0.717) is 52.0 Å². The molecule has 2 amide bonds. The Balaban J connectivity index is 0.000000201. The summed E-state index contributed by atoms with van der Waals surface area (Å²) in [5.74, 6) is -2.19. The van der Waals surface area contributed by atoms with Gasteiger partial charge < -0.3 is 28.7 Å². The Morgan fingerprint density at radius 1 is 0.584 bits per heavy atom. The summed E-state index contributed by atoms with van der Waals surface area (Å²) in [6.45, 7) is 1.81. The van der Waals surface area contributed by atoms with E-state index in [9.17, 15) is 67.5 Å². The van der Waals surface area contributed by atoms with Crippen LogP contribution in [0.15, 0.2) is 115 Å². The van der Waals surface area contributed by atoms with Crippen LogP contribution >= 0.6 is 70.8 Å². The molecule has 27 heteroatoms. The molecule has 4 heterocycles. The van der Waals surface area contributed by atoms with Gasteiger partial charge in [-0.25, -0.2) is 8.78 Å². The van der Waals surface area contributed by atoms with Crippen LogP contribution in [0.3, 0.4) is 0 Å². The van der Waals surface area contributed by atoms with Crippen LogP contribution in [-0.4, -0.2) is 92.1 Å². The van der Waals surface area contributed by atoms with E-state index in [0.717, 1.165) is 38.0 Å². The number of rotatable bonds is 15. The number of amides is 2. The van der Waals surface area contributed by atoms with Crippen molar-refractivity contribution in [3.8, 4) is 11.5 Å². The molecule has 6 aromatic carbocycles. The summed E-state index contributed by atoms with van der Waals surface area (Å²) in [5, 5.41) is -1.59. The van der Waals surface area contributed by atoms with Gasteiger partial charge in [-0.3, -0.25) is 19.2 Å². The topological polar surface area (TPSA) is 112 Å². The number of hydrogen-bond acceptors (Lipinski definition) is 10. The van der Waals surface area contributed by atoms with Gasteiger partial charge in [-0.1, -0.05) is 94.9 Å². The highest BCUT2D eigenvalue weighted by atomic mass is 35.5. The molecule has 4 aliphatic heterocycles. The van der Waals surface area contributed by atoms with Crippen LogP contribution in [0.1, 0.15) is 91.4 Å². The van der Waals surface area contributed by atoms with Crippen LogP contribution in [0.4, 0.5) is 48.3 Å². The number of methoxy groups -OCH3 is 2. The van der Waals surface area contributed by atoms with Crippen LogP contribution in [0.5, 0.6) is 11.5 Å². The molecule has 2 spiro atoms. The monoisotopic (exact) mass is 1360 g/mol. The third kappa shape index (κ3) is 16.4. The molecule has 1 atom stereocenters. The lowest BCUT2D eigenvalue weighted by Gasteiger charge is -2.47. The second-order valence-corrected chi connectivity index (χ2v) is 24.7. The van der Waals surface area contributed by atoms with Gasteiger partial charge in [-0.15, -0.1) is 11.8 Å². The fourth-order valence-corrected chi connectivity index (χ4v) is 12.6.